The first kappa shape index (κ1) is 22.3. The van der Waals surface area contributed by atoms with E-state index in [1.807, 2.05) is 0 Å². The smallest absolute Gasteiger partial charge is 0.264 e. The van der Waals surface area contributed by atoms with Gasteiger partial charge >= 0.3 is 5.51 Å². The van der Waals surface area contributed by atoms with E-state index < -0.39 is 30.1 Å². The molecule has 4 nitrogen and oxygen atoms in total. The second kappa shape index (κ2) is 9.84. The highest BCUT2D eigenvalue weighted by Gasteiger charge is 2.47. The van der Waals surface area contributed by atoms with Crippen molar-refractivity contribution in [2.45, 2.75) is 51.0 Å². The van der Waals surface area contributed by atoms with Gasteiger partial charge in [-0.1, -0.05) is 44.7 Å². The molecular formula is C16H20BrF3O4S. The lowest BCUT2D eigenvalue weighted by Gasteiger charge is -2.11. The Kier molecular flexibility index (Phi) is 8.79. The van der Waals surface area contributed by atoms with Crippen molar-refractivity contribution < 1.29 is 44.1 Å². The summed E-state index contributed by atoms with van der Waals surface area (Å²) in [6.07, 6.45) is 5.90. The fraction of sp³-hybridized carbons (Fsp3) is 0.500. The zero-order valence-electron chi connectivity index (χ0n) is 13.7. The third kappa shape index (κ3) is 8.48. The first-order valence-corrected chi connectivity index (χ1v) is 11.6. The lowest BCUT2D eigenvalue weighted by Crippen LogP contribution is -2.68. The highest BCUT2D eigenvalue weighted by atomic mass is 80.0. The number of benzene rings is 1. The molecule has 0 bridgehead atoms. The lowest BCUT2D eigenvalue weighted by molar-refractivity contribution is -2.00. The zero-order chi connectivity index (χ0) is 19.1. The minimum atomic E-state index is -5.62. The molecule has 25 heavy (non-hydrogen) atoms. The Bertz CT molecular complexity index is 647. The molecule has 9 heteroatoms. The molecule has 1 heterocycles. The van der Waals surface area contributed by atoms with E-state index in [0.29, 0.717) is 16.0 Å². The van der Waals surface area contributed by atoms with Crippen molar-refractivity contribution in [1.29, 1.82) is 0 Å². The van der Waals surface area contributed by atoms with Crippen LogP contribution in [0.3, 0.4) is 0 Å². The summed E-state index contributed by atoms with van der Waals surface area (Å²) in [6.45, 7) is 2.14. The molecule has 142 valence electrons. The molecule has 0 amide bonds. The van der Waals surface area contributed by atoms with Crippen molar-refractivity contribution >= 4 is 20.6 Å². The normalized spacial score (nSPS) is 12.9. The van der Waals surface area contributed by atoms with Gasteiger partial charge in [0.1, 0.15) is 0 Å². The van der Waals surface area contributed by atoms with Crippen LogP contribution < -0.4 is 16.8 Å². The minimum absolute atomic E-state index is 0.448. The molecule has 0 saturated carbocycles. The predicted octanol–water partition coefficient (Wildman–Crippen LogP) is 1.82. The van der Waals surface area contributed by atoms with E-state index >= 15 is 0 Å². The molecule has 0 aliphatic rings. The van der Waals surface area contributed by atoms with E-state index in [9.17, 15) is 13.2 Å². The molecule has 1 aromatic heterocycles. The summed E-state index contributed by atoms with van der Waals surface area (Å²) in [5, 5.41) is 0.747. The Morgan fingerprint density at radius 1 is 0.960 bits per heavy atom. The quantitative estimate of drug-likeness (QED) is 0.501. The van der Waals surface area contributed by atoms with Crippen LogP contribution in [0.1, 0.15) is 43.9 Å². The monoisotopic (exact) mass is 444 g/mol. The summed E-state index contributed by atoms with van der Waals surface area (Å²) in [5.41, 5.74) is -4.15. The topological polar surface area (TPSA) is 92.2 Å². The molecule has 1 unspecified atom stereocenters. The number of alkyl halides is 3. The van der Waals surface area contributed by atoms with Gasteiger partial charge in [0.25, 0.3) is 0 Å². The summed E-state index contributed by atoms with van der Waals surface area (Å²) < 4.78 is 74.6. The van der Waals surface area contributed by atoms with Gasteiger partial charge in [0.2, 0.25) is 0 Å². The number of hydrogen-bond donors (Lipinski definition) is 0. The maximum Gasteiger partial charge on any atom is 0.600 e. The summed E-state index contributed by atoms with van der Waals surface area (Å²) in [6, 6.07) is 8.66. The van der Waals surface area contributed by atoms with E-state index in [1.165, 1.54) is 6.42 Å². The van der Waals surface area contributed by atoms with Gasteiger partial charge in [-0.3, -0.25) is 16.8 Å². The Balaban J connectivity index is 0.000000550. The summed E-state index contributed by atoms with van der Waals surface area (Å²) in [4.78, 5) is 0.565. The fourth-order valence-electron chi connectivity index (χ4n) is 2.51. The number of rotatable bonds is 6. The largest absolute Gasteiger partial charge is 0.600 e. The van der Waals surface area contributed by atoms with E-state index in [1.54, 1.807) is 30.3 Å². The molecule has 0 radical (unpaired) electrons. The molecular weight excluding hydrogens is 425 g/mol. The Labute approximate surface area is 151 Å². The maximum atomic E-state index is 13.3. The Hall–Kier alpha value is -0.710. The molecule has 1 aromatic carbocycles. The van der Waals surface area contributed by atoms with Gasteiger partial charge in [-0.15, -0.1) is 13.2 Å². The van der Waals surface area contributed by atoms with Crippen LogP contribution in [-0.2, 0) is 11.9 Å². The summed E-state index contributed by atoms with van der Waals surface area (Å²) in [5.74, 6) is 0. The minimum Gasteiger partial charge on any atom is -0.264 e. The van der Waals surface area contributed by atoms with E-state index in [0.717, 1.165) is 31.1 Å². The second-order valence-corrected chi connectivity index (χ2v) is 9.07. The molecule has 2 aromatic rings. The maximum absolute atomic E-state index is 13.3. The van der Waals surface area contributed by atoms with Gasteiger partial charge < -0.3 is 0 Å². The summed E-state index contributed by atoms with van der Waals surface area (Å²) >= 11 is -5.62. The van der Waals surface area contributed by atoms with Crippen LogP contribution in [0.2, 0.25) is 0 Å². The van der Waals surface area contributed by atoms with Gasteiger partial charge in [-0.25, -0.2) is 0 Å². The predicted molar refractivity (Wildman–Crippen MR) is 80.2 cm³/mol. The molecule has 0 aliphatic carbocycles. The van der Waals surface area contributed by atoms with Gasteiger partial charge in [-0.05, 0) is 18.6 Å². The first-order valence-electron chi connectivity index (χ1n) is 7.76. The van der Waals surface area contributed by atoms with Gasteiger partial charge in [0, 0.05) is 17.9 Å². The van der Waals surface area contributed by atoms with Crippen LogP contribution in [-0.4, -0.2) is 0 Å². The third-order valence-electron chi connectivity index (χ3n) is 3.48. The third-order valence-corrected chi connectivity index (χ3v) is 5.60. The fourth-order valence-corrected chi connectivity index (χ4v) is 4.51. The number of aryl methyl sites for hydroxylation is 1. The number of thiophene rings is 1. The Morgan fingerprint density at radius 2 is 1.52 bits per heavy atom. The molecule has 0 spiro atoms. The van der Waals surface area contributed by atoms with Crippen LogP contribution in [0.25, 0.3) is 10.1 Å². The average Bonchev–Trinajstić information content (AvgIpc) is 2.83. The van der Waals surface area contributed by atoms with Crippen LogP contribution in [0.5, 0.6) is 0 Å². The van der Waals surface area contributed by atoms with Crippen LogP contribution in [0.4, 0.5) is 13.2 Å². The SMILES string of the molecule is CCCCCCCc1cc2ccccc2[s+]1C(F)(F)F.[O-][Br+3]([O-])([O-])[O-]. The highest BCUT2D eigenvalue weighted by molar-refractivity contribution is 7.38. The van der Waals surface area contributed by atoms with Crippen LogP contribution >= 0.6 is 10.5 Å². The van der Waals surface area contributed by atoms with Gasteiger partial charge in [-0.2, -0.15) is 0 Å². The van der Waals surface area contributed by atoms with Crippen molar-refractivity contribution in [2.75, 3.05) is 0 Å². The zero-order valence-corrected chi connectivity index (χ0v) is 16.1. The van der Waals surface area contributed by atoms with Crippen LogP contribution in [0, 0.1) is 14.1 Å². The molecule has 0 aliphatic heterocycles. The van der Waals surface area contributed by atoms with E-state index in [-0.39, 0.29) is 0 Å². The van der Waals surface area contributed by atoms with Gasteiger partial charge in [0.05, 0.1) is 24.6 Å². The van der Waals surface area contributed by atoms with Crippen molar-refractivity contribution in [1.82, 2.24) is 0 Å². The standard InChI is InChI=1S/C16H20F3S.BrO4/c1-2-3-4-5-6-10-14-12-13-9-7-8-11-15(13)20(14)16(17,18)19;2-1(3,4)5/h7-9,11-12H,2-6,10H2,1H3;/q+1;-1. The average molecular weight is 445 g/mol. The summed E-state index contributed by atoms with van der Waals surface area (Å²) in [7, 11) is -1.70. The van der Waals surface area contributed by atoms with E-state index in [2.05, 4.69) is 6.92 Å². The first-order chi connectivity index (χ1) is 11.5. The molecule has 0 saturated heterocycles. The second-order valence-electron chi connectivity index (χ2n) is 5.44. The van der Waals surface area contributed by atoms with Crippen molar-refractivity contribution in [3.05, 3.63) is 35.2 Å². The number of hydrogen-bond acceptors (Lipinski definition) is 4. The van der Waals surface area contributed by atoms with Crippen molar-refractivity contribution in [3.8, 4) is 0 Å². The molecule has 1 atom stereocenters. The highest BCUT2D eigenvalue weighted by Crippen LogP contribution is 2.51. The van der Waals surface area contributed by atoms with Crippen LogP contribution in [0.15, 0.2) is 30.3 Å². The van der Waals surface area contributed by atoms with E-state index in [4.69, 9.17) is 16.8 Å². The van der Waals surface area contributed by atoms with Crippen molar-refractivity contribution in [2.24, 2.45) is 0 Å². The van der Waals surface area contributed by atoms with Crippen molar-refractivity contribution in [3.63, 3.8) is 0 Å². The molecule has 2 rings (SSSR count). The van der Waals surface area contributed by atoms with Gasteiger partial charge in [0.15, 0.2) is 9.58 Å². The number of unbranched alkanes of at least 4 members (excludes halogenated alkanes) is 4. The number of fused-ring (bicyclic) bond motifs is 1. The Morgan fingerprint density at radius 3 is 2.08 bits per heavy atom. The molecule has 0 fully saturated rings. The molecule has 0 N–H and O–H groups in total. The lowest BCUT2D eigenvalue weighted by atomic mass is 10.1. The number of halogens is 4.